The molecule has 3 aliphatic heterocycles. The summed E-state index contributed by atoms with van der Waals surface area (Å²) in [7, 11) is 0. The number of carbonyl (C=O) groups excluding carboxylic acids is 1. The molecule has 44 heavy (non-hydrogen) atoms. The third kappa shape index (κ3) is 7.48. The van der Waals surface area contributed by atoms with Crippen LogP contribution in [-0.2, 0) is 16.1 Å². The van der Waals surface area contributed by atoms with Crippen LogP contribution in [0.2, 0.25) is 5.02 Å². The fraction of sp³-hybridized carbons (Fsp3) is 0.424. The molecule has 4 heterocycles. The van der Waals surface area contributed by atoms with Crippen molar-refractivity contribution in [3.8, 4) is 5.75 Å². The molecule has 3 aromatic rings. The van der Waals surface area contributed by atoms with Crippen molar-refractivity contribution >= 4 is 35.4 Å². The van der Waals surface area contributed by atoms with Gasteiger partial charge in [-0.3, -0.25) is 4.90 Å². The number of rotatable bonds is 10. The summed E-state index contributed by atoms with van der Waals surface area (Å²) in [6.07, 6.45) is 5.57. The van der Waals surface area contributed by atoms with Gasteiger partial charge in [0.25, 0.3) is 0 Å². The van der Waals surface area contributed by atoms with Gasteiger partial charge in [-0.25, -0.2) is 14.6 Å². The molecule has 0 aliphatic carbocycles. The molecule has 0 radical (unpaired) electrons. The highest BCUT2D eigenvalue weighted by molar-refractivity contribution is 7.99. The number of aliphatic carboxylic acids is 1. The highest BCUT2D eigenvalue weighted by Crippen LogP contribution is 2.38. The van der Waals surface area contributed by atoms with Crippen molar-refractivity contribution in [3.05, 3.63) is 83.0 Å². The average Bonchev–Trinajstić information content (AvgIpc) is 3.39. The fourth-order valence-corrected chi connectivity index (χ4v) is 7.33. The Labute approximate surface area is 267 Å². The molecular weight excluding hydrogens is 600 g/mol. The monoisotopic (exact) mass is 636 g/mol. The van der Waals surface area contributed by atoms with Gasteiger partial charge in [0, 0.05) is 67.6 Å². The Morgan fingerprint density at radius 3 is 2.48 bits per heavy atom. The number of pyridine rings is 1. The van der Waals surface area contributed by atoms with E-state index < -0.39 is 5.97 Å². The summed E-state index contributed by atoms with van der Waals surface area (Å²) in [5.74, 6) is -0.478. The van der Waals surface area contributed by atoms with Crippen LogP contribution in [0.3, 0.4) is 0 Å². The van der Waals surface area contributed by atoms with Crippen LogP contribution in [0.4, 0.5) is 4.79 Å². The number of likely N-dealkylation sites (tertiary alicyclic amines) is 1. The molecule has 0 bridgehead atoms. The first-order valence-corrected chi connectivity index (χ1v) is 16.3. The number of carboxylic acids is 1. The Morgan fingerprint density at radius 2 is 1.80 bits per heavy atom. The van der Waals surface area contributed by atoms with Gasteiger partial charge in [-0.05, 0) is 79.3 Å². The molecule has 3 saturated heterocycles. The zero-order chi connectivity index (χ0) is 30.5. The number of ether oxygens (including phenoxy) is 2. The van der Waals surface area contributed by atoms with Crippen LogP contribution >= 0.6 is 23.4 Å². The molecule has 0 unspecified atom stereocenters. The standard InChI is InChI=1S/C33H37ClN4O5S/c34-25-3-1-2-24(18-25)30-21-37(26-12-16-42-17-13-26)33(41)38(30)27-10-14-36(15-11-27)20-23-4-9-31(35-19-23)44-29-7-5-28(6-8-29)43-22-32(39)40/h1-9,18-19,26-27,30H,10-17,20-22H2,(H,39,40)/t30-/m0/s1. The number of halogens is 1. The minimum Gasteiger partial charge on any atom is -0.482 e. The van der Waals surface area contributed by atoms with E-state index in [2.05, 4.69) is 31.8 Å². The van der Waals surface area contributed by atoms with Gasteiger partial charge >= 0.3 is 12.0 Å². The maximum absolute atomic E-state index is 13.9. The quantitative estimate of drug-likeness (QED) is 0.291. The number of hydrogen-bond acceptors (Lipinski definition) is 7. The summed E-state index contributed by atoms with van der Waals surface area (Å²) in [4.78, 5) is 36.9. The van der Waals surface area contributed by atoms with E-state index in [1.807, 2.05) is 42.6 Å². The summed E-state index contributed by atoms with van der Waals surface area (Å²) < 4.78 is 10.8. The molecule has 0 saturated carbocycles. The number of carbonyl (C=O) groups is 2. The second-order valence-corrected chi connectivity index (χ2v) is 13.1. The molecule has 0 spiro atoms. The van der Waals surface area contributed by atoms with Crippen LogP contribution in [-0.4, -0.2) is 88.3 Å². The number of nitrogens with zero attached hydrogens (tertiary/aromatic N) is 4. The van der Waals surface area contributed by atoms with Gasteiger partial charge in [0.2, 0.25) is 0 Å². The lowest BCUT2D eigenvalue weighted by Gasteiger charge is -2.39. The Balaban J connectivity index is 1.04. The number of carboxylic acid groups (broad SMARTS) is 1. The van der Waals surface area contributed by atoms with Crippen molar-refractivity contribution in [1.29, 1.82) is 0 Å². The predicted molar refractivity (Wildman–Crippen MR) is 168 cm³/mol. The zero-order valence-electron chi connectivity index (χ0n) is 24.5. The lowest BCUT2D eigenvalue weighted by Crippen LogP contribution is -2.48. The number of benzene rings is 2. The van der Waals surface area contributed by atoms with Crippen molar-refractivity contribution in [1.82, 2.24) is 19.7 Å². The van der Waals surface area contributed by atoms with E-state index in [9.17, 15) is 9.59 Å². The average molecular weight is 637 g/mol. The van der Waals surface area contributed by atoms with E-state index >= 15 is 0 Å². The SMILES string of the molecule is O=C(O)COc1ccc(Sc2ccc(CN3CCC(N4C(=O)N(C5CCOCC5)C[C@H]4c4cccc(Cl)c4)CC3)cn2)cc1. The first kappa shape index (κ1) is 30.7. The van der Waals surface area contributed by atoms with Gasteiger partial charge in [0.05, 0.1) is 6.04 Å². The van der Waals surface area contributed by atoms with Gasteiger partial charge < -0.3 is 24.4 Å². The molecule has 2 amide bonds. The van der Waals surface area contributed by atoms with Gasteiger partial charge in [0.1, 0.15) is 10.8 Å². The number of piperidine rings is 1. The summed E-state index contributed by atoms with van der Waals surface area (Å²) in [6, 6.07) is 20.0. The van der Waals surface area contributed by atoms with E-state index in [0.29, 0.717) is 30.5 Å². The predicted octanol–water partition coefficient (Wildman–Crippen LogP) is 5.97. The summed E-state index contributed by atoms with van der Waals surface area (Å²) >= 11 is 7.93. The van der Waals surface area contributed by atoms with Crippen molar-refractivity contribution < 1.29 is 24.2 Å². The van der Waals surface area contributed by atoms with Crippen molar-refractivity contribution in [2.24, 2.45) is 0 Å². The second-order valence-electron chi connectivity index (χ2n) is 11.5. The van der Waals surface area contributed by atoms with E-state index in [1.54, 1.807) is 23.9 Å². The van der Waals surface area contributed by atoms with Gasteiger partial charge in [-0.15, -0.1) is 0 Å². The third-order valence-electron chi connectivity index (χ3n) is 8.60. The van der Waals surface area contributed by atoms with Crippen LogP contribution in [0.5, 0.6) is 5.75 Å². The van der Waals surface area contributed by atoms with E-state index in [1.165, 1.54) is 0 Å². The Hall–Kier alpha value is -3.31. The molecule has 232 valence electrons. The zero-order valence-corrected chi connectivity index (χ0v) is 26.1. The minimum atomic E-state index is -1.00. The number of aromatic nitrogens is 1. The van der Waals surface area contributed by atoms with Crippen molar-refractivity contribution in [2.45, 2.75) is 60.3 Å². The molecular formula is C33H37ClN4O5S. The van der Waals surface area contributed by atoms with Crippen LogP contribution in [0.1, 0.15) is 42.9 Å². The van der Waals surface area contributed by atoms with E-state index in [0.717, 1.165) is 66.4 Å². The summed E-state index contributed by atoms with van der Waals surface area (Å²) in [6.45, 7) is 4.41. The molecule has 6 rings (SSSR count). The van der Waals surface area contributed by atoms with Gasteiger partial charge in [-0.1, -0.05) is 41.6 Å². The maximum atomic E-state index is 13.9. The summed E-state index contributed by atoms with van der Waals surface area (Å²) in [5.41, 5.74) is 2.26. The molecule has 11 heteroatoms. The van der Waals surface area contributed by atoms with Crippen LogP contribution in [0.25, 0.3) is 0 Å². The lowest BCUT2D eigenvalue weighted by molar-refractivity contribution is -0.139. The first-order valence-electron chi connectivity index (χ1n) is 15.1. The van der Waals surface area contributed by atoms with Crippen LogP contribution in [0.15, 0.2) is 76.8 Å². The fourth-order valence-electron chi connectivity index (χ4n) is 6.37. The van der Waals surface area contributed by atoms with E-state index in [4.69, 9.17) is 26.2 Å². The number of urea groups is 1. The Morgan fingerprint density at radius 1 is 1.02 bits per heavy atom. The normalized spacial score (nSPS) is 20.3. The highest BCUT2D eigenvalue weighted by atomic mass is 35.5. The maximum Gasteiger partial charge on any atom is 0.341 e. The number of hydrogen-bond donors (Lipinski definition) is 1. The largest absolute Gasteiger partial charge is 0.482 e. The second kappa shape index (κ2) is 14.2. The molecule has 3 aliphatic rings. The molecule has 3 fully saturated rings. The van der Waals surface area contributed by atoms with Gasteiger partial charge in [0.15, 0.2) is 6.61 Å². The number of amides is 2. The minimum absolute atomic E-state index is 0.00307. The molecule has 2 aromatic carbocycles. The highest BCUT2D eigenvalue weighted by Gasteiger charge is 2.45. The first-order chi connectivity index (χ1) is 21.4. The Kier molecular flexibility index (Phi) is 9.91. The van der Waals surface area contributed by atoms with Crippen LogP contribution in [0, 0.1) is 0 Å². The van der Waals surface area contributed by atoms with Crippen molar-refractivity contribution in [2.75, 3.05) is 39.5 Å². The Bertz CT molecular complexity index is 1430. The van der Waals surface area contributed by atoms with Gasteiger partial charge in [-0.2, -0.15) is 0 Å². The molecule has 1 atom stereocenters. The van der Waals surface area contributed by atoms with Crippen LogP contribution < -0.4 is 4.74 Å². The third-order valence-corrected chi connectivity index (χ3v) is 9.79. The summed E-state index contributed by atoms with van der Waals surface area (Å²) in [5, 5.41) is 10.4. The lowest BCUT2D eigenvalue weighted by atomic mass is 9.98. The van der Waals surface area contributed by atoms with Crippen molar-refractivity contribution in [3.63, 3.8) is 0 Å². The molecule has 1 N–H and O–H groups in total. The smallest absolute Gasteiger partial charge is 0.341 e. The molecule has 1 aromatic heterocycles. The molecule has 9 nitrogen and oxygen atoms in total. The van der Waals surface area contributed by atoms with E-state index in [-0.39, 0.29) is 30.8 Å². The topological polar surface area (TPSA) is 95.4 Å².